The lowest BCUT2D eigenvalue weighted by Crippen LogP contribution is -2.49. The molecule has 0 spiro atoms. The molecule has 0 amide bonds. The number of nitrogens with one attached hydrogen (secondary N) is 1. The van der Waals surface area contributed by atoms with Crippen LogP contribution in [0.15, 0.2) is 54.6 Å². The second-order valence-electron chi connectivity index (χ2n) is 7.27. The molecule has 0 unspecified atom stereocenters. The Balaban J connectivity index is 1.59. The predicted octanol–water partition coefficient (Wildman–Crippen LogP) is 3.29. The fourth-order valence-electron chi connectivity index (χ4n) is 3.41. The van der Waals surface area contributed by atoms with Gasteiger partial charge in [-0.3, -0.25) is 4.90 Å². The minimum atomic E-state index is -0.512. The highest BCUT2D eigenvalue weighted by atomic mass is 32.1. The van der Waals surface area contributed by atoms with E-state index in [1.807, 2.05) is 18.2 Å². The molecule has 0 atom stereocenters. The Morgan fingerprint density at radius 2 is 1.69 bits per heavy atom. The number of thiocarbonyl (C=S) groups is 1. The van der Waals surface area contributed by atoms with Crippen molar-refractivity contribution in [3.63, 3.8) is 0 Å². The number of hydrogen-bond acceptors (Lipinski definition) is 6. The Morgan fingerprint density at radius 1 is 1.00 bits per heavy atom. The first kappa shape index (κ1) is 23.4. The van der Waals surface area contributed by atoms with Crippen LogP contribution in [0.2, 0.25) is 0 Å². The van der Waals surface area contributed by atoms with Crippen molar-refractivity contribution in [1.29, 1.82) is 0 Å². The number of benzene rings is 2. The van der Waals surface area contributed by atoms with Crippen LogP contribution in [-0.4, -0.2) is 73.8 Å². The van der Waals surface area contributed by atoms with Gasteiger partial charge in [0.25, 0.3) is 0 Å². The summed E-state index contributed by atoms with van der Waals surface area (Å²) in [6, 6.07) is 14.8. The number of esters is 2. The standard InChI is InChI=1S/C24H27N3O4S/c1-30-22(28)19-10-11-20(23(29)31-2)21(17-19)25-24(32)27-15-13-26(14-16-27)12-6-9-18-7-4-3-5-8-18/h3-11,17H,12-16H2,1-2H3,(H,25,32)/b9-6+. The van der Waals surface area contributed by atoms with Crippen LogP contribution in [0.25, 0.3) is 6.08 Å². The quantitative estimate of drug-likeness (QED) is 0.528. The lowest BCUT2D eigenvalue weighted by Gasteiger charge is -2.35. The highest BCUT2D eigenvalue weighted by Crippen LogP contribution is 2.21. The summed E-state index contributed by atoms with van der Waals surface area (Å²) in [5.74, 6) is -1.01. The van der Waals surface area contributed by atoms with Gasteiger partial charge in [0.05, 0.1) is 31.0 Å². The second-order valence-corrected chi connectivity index (χ2v) is 7.66. The second kappa shape index (κ2) is 11.4. The highest BCUT2D eigenvalue weighted by molar-refractivity contribution is 7.80. The van der Waals surface area contributed by atoms with Crippen LogP contribution < -0.4 is 5.32 Å². The van der Waals surface area contributed by atoms with Crippen LogP contribution in [0.5, 0.6) is 0 Å². The summed E-state index contributed by atoms with van der Waals surface area (Å²) in [4.78, 5) is 28.4. The molecule has 0 aromatic heterocycles. The molecule has 0 aliphatic carbocycles. The molecular weight excluding hydrogens is 426 g/mol. The van der Waals surface area contributed by atoms with Crippen molar-refractivity contribution in [2.75, 3.05) is 52.3 Å². The van der Waals surface area contributed by atoms with Gasteiger partial charge in [0.15, 0.2) is 5.11 Å². The third-order valence-electron chi connectivity index (χ3n) is 5.22. The molecule has 1 saturated heterocycles. The maximum atomic E-state index is 12.1. The third-order valence-corrected chi connectivity index (χ3v) is 5.58. The van der Waals surface area contributed by atoms with Gasteiger partial charge in [-0.05, 0) is 36.0 Å². The number of hydrogen-bond donors (Lipinski definition) is 1. The van der Waals surface area contributed by atoms with E-state index in [9.17, 15) is 9.59 Å². The summed E-state index contributed by atoms with van der Waals surface area (Å²) in [5.41, 5.74) is 2.22. The molecule has 1 N–H and O–H groups in total. The monoisotopic (exact) mass is 453 g/mol. The van der Waals surface area contributed by atoms with Gasteiger partial charge >= 0.3 is 11.9 Å². The molecule has 3 rings (SSSR count). The molecule has 1 heterocycles. The minimum Gasteiger partial charge on any atom is -0.465 e. The Kier molecular flexibility index (Phi) is 8.35. The molecule has 32 heavy (non-hydrogen) atoms. The molecule has 1 aliphatic rings. The van der Waals surface area contributed by atoms with E-state index < -0.39 is 11.9 Å². The molecule has 2 aromatic rings. The predicted molar refractivity (Wildman–Crippen MR) is 129 cm³/mol. The number of piperazine rings is 1. The first-order valence-electron chi connectivity index (χ1n) is 10.3. The summed E-state index contributed by atoms with van der Waals surface area (Å²) in [5, 5.41) is 3.61. The zero-order chi connectivity index (χ0) is 22.9. The first-order chi connectivity index (χ1) is 15.5. The molecular formula is C24H27N3O4S. The Bertz CT molecular complexity index is 986. The molecule has 7 nitrogen and oxygen atoms in total. The van der Waals surface area contributed by atoms with E-state index in [0.717, 1.165) is 32.7 Å². The van der Waals surface area contributed by atoms with Crippen molar-refractivity contribution in [2.45, 2.75) is 0 Å². The van der Waals surface area contributed by atoms with E-state index in [4.69, 9.17) is 21.7 Å². The van der Waals surface area contributed by atoms with Crippen LogP contribution in [0.3, 0.4) is 0 Å². The summed E-state index contributed by atoms with van der Waals surface area (Å²) >= 11 is 5.58. The zero-order valence-corrected chi connectivity index (χ0v) is 19.1. The summed E-state index contributed by atoms with van der Waals surface area (Å²) < 4.78 is 9.62. The first-order valence-corrected chi connectivity index (χ1v) is 10.7. The van der Waals surface area contributed by atoms with Crippen LogP contribution in [0.1, 0.15) is 26.3 Å². The van der Waals surface area contributed by atoms with Gasteiger partial charge in [0.1, 0.15) is 0 Å². The number of rotatable bonds is 6. The van der Waals surface area contributed by atoms with Gasteiger partial charge in [-0.1, -0.05) is 42.5 Å². The van der Waals surface area contributed by atoms with E-state index in [-0.39, 0.29) is 0 Å². The van der Waals surface area contributed by atoms with E-state index >= 15 is 0 Å². The Labute approximate surface area is 193 Å². The lowest BCUT2D eigenvalue weighted by atomic mass is 10.1. The van der Waals surface area contributed by atoms with Crippen molar-refractivity contribution in [1.82, 2.24) is 9.80 Å². The third kappa shape index (κ3) is 6.15. The molecule has 1 aliphatic heterocycles. The smallest absolute Gasteiger partial charge is 0.339 e. The van der Waals surface area contributed by atoms with Gasteiger partial charge in [0.2, 0.25) is 0 Å². The maximum Gasteiger partial charge on any atom is 0.339 e. The largest absolute Gasteiger partial charge is 0.465 e. The molecule has 1 fully saturated rings. The maximum absolute atomic E-state index is 12.1. The van der Waals surface area contributed by atoms with E-state index in [0.29, 0.717) is 21.9 Å². The van der Waals surface area contributed by atoms with Crippen LogP contribution >= 0.6 is 12.2 Å². The van der Waals surface area contributed by atoms with Crippen molar-refractivity contribution >= 4 is 41.0 Å². The fourth-order valence-corrected chi connectivity index (χ4v) is 3.70. The Hall–Kier alpha value is -3.23. The lowest BCUT2D eigenvalue weighted by molar-refractivity contribution is 0.0587. The zero-order valence-electron chi connectivity index (χ0n) is 18.2. The van der Waals surface area contributed by atoms with Crippen molar-refractivity contribution in [2.24, 2.45) is 0 Å². The minimum absolute atomic E-state index is 0.298. The van der Waals surface area contributed by atoms with E-state index in [1.54, 1.807) is 6.07 Å². The molecule has 0 bridgehead atoms. The average molecular weight is 454 g/mol. The number of anilines is 1. The van der Waals surface area contributed by atoms with Crippen molar-refractivity contribution in [3.8, 4) is 0 Å². The van der Waals surface area contributed by atoms with Gasteiger partial charge in [0, 0.05) is 32.7 Å². The van der Waals surface area contributed by atoms with E-state index in [1.165, 1.54) is 31.9 Å². The number of ether oxygens (including phenoxy) is 2. The summed E-state index contributed by atoms with van der Waals surface area (Å²) in [6.07, 6.45) is 4.30. The van der Waals surface area contributed by atoms with Crippen LogP contribution in [-0.2, 0) is 9.47 Å². The molecule has 0 saturated carbocycles. The van der Waals surface area contributed by atoms with Gasteiger partial charge < -0.3 is 19.7 Å². The molecule has 8 heteroatoms. The number of carbonyl (C=O) groups is 2. The van der Waals surface area contributed by atoms with Crippen molar-refractivity contribution in [3.05, 3.63) is 71.3 Å². The highest BCUT2D eigenvalue weighted by Gasteiger charge is 2.21. The van der Waals surface area contributed by atoms with Gasteiger partial charge in [-0.25, -0.2) is 9.59 Å². The molecule has 168 valence electrons. The van der Waals surface area contributed by atoms with Crippen LogP contribution in [0, 0.1) is 0 Å². The average Bonchev–Trinajstić information content (AvgIpc) is 2.84. The summed E-state index contributed by atoms with van der Waals surface area (Å²) in [6.45, 7) is 4.13. The van der Waals surface area contributed by atoms with Crippen LogP contribution in [0.4, 0.5) is 5.69 Å². The number of nitrogens with zero attached hydrogens (tertiary/aromatic N) is 2. The van der Waals surface area contributed by atoms with E-state index in [2.05, 4.69) is 39.4 Å². The topological polar surface area (TPSA) is 71.1 Å². The molecule has 2 aromatic carbocycles. The number of methoxy groups -OCH3 is 2. The van der Waals surface area contributed by atoms with Crippen molar-refractivity contribution < 1.29 is 19.1 Å². The molecule has 0 radical (unpaired) electrons. The SMILES string of the molecule is COC(=O)c1ccc(C(=O)OC)c(NC(=S)N2CCN(C/C=C/c3ccccc3)CC2)c1. The van der Waals surface area contributed by atoms with Gasteiger partial charge in [-0.2, -0.15) is 0 Å². The Morgan fingerprint density at radius 3 is 2.34 bits per heavy atom. The number of carbonyl (C=O) groups excluding carboxylic acids is 2. The normalized spacial score (nSPS) is 14.2. The van der Waals surface area contributed by atoms with Gasteiger partial charge in [-0.15, -0.1) is 0 Å². The fraction of sp³-hybridized carbons (Fsp3) is 0.292. The summed E-state index contributed by atoms with van der Waals surface area (Å²) in [7, 11) is 2.62.